The molecule has 86 valence electrons. The molecule has 0 aliphatic heterocycles. The summed E-state index contributed by atoms with van der Waals surface area (Å²) in [7, 11) is 0. The molecule has 0 unspecified atom stereocenters. The van der Waals surface area contributed by atoms with Crippen molar-refractivity contribution in [1.82, 2.24) is 5.32 Å². The fourth-order valence-corrected chi connectivity index (χ4v) is 1.87. The van der Waals surface area contributed by atoms with Crippen LogP contribution in [0.5, 0.6) is 0 Å². The summed E-state index contributed by atoms with van der Waals surface area (Å²) >= 11 is 5.75. The highest BCUT2D eigenvalue weighted by Gasteiger charge is 2.24. The van der Waals surface area contributed by atoms with E-state index in [1.807, 2.05) is 0 Å². The van der Waals surface area contributed by atoms with Crippen LogP contribution in [0.25, 0.3) is 0 Å². The maximum atomic E-state index is 13.3. The van der Waals surface area contributed by atoms with Crippen LogP contribution in [0.1, 0.15) is 24.8 Å². The Morgan fingerprint density at radius 3 is 2.88 bits per heavy atom. The van der Waals surface area contributed by atoms with Gasteiger partial charge in [0.25, 0.3) is 0 Å². The topological polar surface area (TPSA) is 29.1 Å². The summed E-state index contributed by atoms with van der Waals surface area (Å²) in [6.07, 6.45) is 3.01. The molecule has 1 fully saturated rings. The second kappa shape index (κ2) is 4.83. The van der Waals surface area contributed by atoms with Gasteiger partial charge in [0.1, 0.15) is 5.82 Å². The van der Waals surface area contributed by atoms with Crippen LogP contribution >= 0.6 is 11.6 Å². The van der Waals surface area contributed by atoms with Crippen LogP contribution in [0.4, 0.5) is 4.39 Å². The lowest BCUT2D eigenvalue weighted by atomic mass is 9.85. The standard InChI is InChI=1S/C12H13ClFNO/c13-10-4-5-11(14)9(6-10)7-15-12(16)8-2-1-3-8/h4-6,8H,1-3,7H2,(H,15,16). The number of nitrogens with one attached hydrogen (secondary N) is 1. The van der Waals surface area contributed by atoms with E-state index in [0.29, 0.717) is 10.6 Å². The minimum absolute atomic E-state index is 0.0191. The van der Waals surface area contributed by atoms with E-state index in [4.69, 9.17) is 11.6 Å². The van der Waals surface area contributed by atoms with Crippen LogP contribution in [0, 0.1) is 11.7 Å². The highest BCUT2D eigenvalue weighted by atomic mass is 35.5. The maximum absolute atomic E-state index is 13.3. The van der Waals surface area contributed by atoms with Gasteiger partial charge in [-0.2, -0.15) is 0 Å². The highest BCUT2D eigenvalue weighted by Crippen LogP contribution is 2.26. The van der Waals surface area contributed by atoms with Gasteiger partial charge in [0.15, 0.2) is 0 Å². The van der Waals surface area contributed by atoms with Crippen molar-refractivity contribution in [2.75, 3.05) is 0 Å². The Morgan fingerprint density at radius 1 is 1.50 bits per heavy atom. The number of rotatable bonds is 3. The van der Waals surface area contributed by atoms with E-state index in [9.17, 15) is 9.18 Å². The lowest BCUT2D eigenvalue weighted by molar-refractivity contribution is -0.127. The molecule has 1 aromatic carbocycles. The molecule has 0 atom stereocenters. The first-order valence-electron chi connectivity index (χ1n) is 5.38. The van der Waals surface area contributed by atoms with E-state index in [0.717, 1.165) is 19.3 Å². The number of carbonyl (C=O) groups excluding carboxylic acids is 1. The molecule has 1 aromatic rings. The first kappa shape index (κ1) is 11.4. The van der Waals surface area contributed by atoms with Crippen molar-refractivity contribution in [3.05, 3.63) is 34.6 Å². The lowest BCUT2D eigenvalue weighted by Crippen LogP contribution is -2.34. The minimum atomic E-state index is -0.335. The fraction of sp³-hybridized carbons (Fsp3) is 0.417. The third-order valence-corrected chi connectivity index (χ3v) is 3.17. The summed E-state index contributed by atoms with van der Waals surface area (Å²) in [6, 6.07) is 4.35. The van der Waals surface area contributed by atoms with Crippen molar-refractivity contribution < 1.29 is 9.18 Å². The average molecular weight is 242 g/mol. The molecule has 1 aliphatic rings. The molecule has 1 amide bonds. The smallest absolute Gasteiger partial charge is 0.223 e. The van der Waals surface area contributed by atoms with Gasteiger partial charge >= 0.3 is 0 Å². The van der Waals surface area contributed by atoms with Gasteiger partial charge in [-0.3, -0.25) is 4.79 Å². The second-order valence-electron chi connectivity index (χ2n) is 4.08. The number of halogens is 2. The van der Waals surface area contributed by atoms with E-state index < -0.39 is 0 Å². The molecule has 4 heteroatoms. The molecule has 2 nitrogen and oxygen atoms in total. The monoisotopic (exact) mass is 241 g/mol. The van der Waals surface area contributed by atoms with Gasteiger partial charge in [-0.1, -0.05) is 18.0 Å². The zero-order valence-electron chi connectivity index (χ0n) is 8.80. The zero-order valence-corrected chi connectivity index (χ0v) is 9.56. The van der Waals surface area contributed by atoms with E-state index in [1.54, 1.807) is 0 Å². The predicted molar refractivity (Wildman–Crippen MR) is 60.6 cm³/mol. The van der Waals surface area contributed by atoms with Gasteiger partial charge in [0, 0.05) is 23.0 Å². The molecule has 1 N–H and O–H groups in total. The quantitative estimate of drug-likeness (QED) is 0.866. The highest BCUT2D eigenvalue weighted by molar-refractivity contribution is 6.30. The SMILES string of the molecule is O=C(NCc1cc(Cl)ccc1F)C1CCC1. The van der Waals surface area contributed by atoms with Gasteiger partial charge in [-0.25, -0.2) is 4.39 Å². The minimum Gasteiger partial charge on any atom is -0.352 e. The third-order valence-electron chi connectivity index (χ3n) is 2.94. The van der Waals surface area contributed by atoms with Crippen LogP contribution in [-0.2, 0) is 11.3 Å². The molecule has 0 aromatic heterocycles. The number of benzene rings is 1. The molecular formula is C12H13ClFNO. The molecule has 0 spiro atoms. The van der Waals surface area contributed by atoms with Crippen molar-refractivity contribution in [1.29, 1.82) is 0 Å². The van der Waals surface area contributed by atoms with Crippen LogP contribution < -0.4 is 5.32 Å². The van der Waals surface area contributed by atoms with Crippen molar-refractivity contribution in [2.24, 2.45) is 5.92 Å². The molecule has 2 rings (SSSR count). The third kappa shape index (κ3) is 2.53. The van der Waals surface area contributed by atoms with Gasteiger partial charge in [0.05, 0.1) is 0 Å². The summed E-state index contributed by atoms with van der Waals surface area (Å²) in [4.78, 5) is 11.5. The number of hydrogen-bond acceptors (Lipinski definition) is 1. The summed E-state index contributed by atoms with van der Waals surface area (Å²) in [5.74, 6) is -0.189. The molecule has 0 saturated heterocycles. The fourth-order valence-electron chi connectivity index (χ4n) is 1.68. The van der Waals surface area contributed by atoms with Crippen molar-refractivity contribution >= 4 is 17.5 Å². The largest absolute Gasteiger partial charge is 0.352 e. The second-order valence-corrected chi connectivity index (χ2v) is 4.52. The zero-order chi connectivity index (χ0) is 11.5. The Morgan fingerprint density at radius 2 is 2.25 bits per heavy atom. The predicted octanol–water partition coefficient (Wildman–Crippen LogP) is 2.90. The van der Waals surface area contributed by atoms with Gasteiger partial charge in [-0.15, -0.1) is 0 Å². The maximum Gasteiger partial charge on any atom is 0.223 e. The molecule has 0 radical (unpaired) electrons. The Balaban J connectivity index is 1.93. The number of carbonyl (C=O) groups is 1. The Hall–Kier alpha value is -1.09. The van der Waals surface area contributed by atoms with E-state index >= 15 is 0 Å². The summed E-state index contributed by atoms with van der Waals surface area (Å²) in [5.41, 5.74) is 0.431. The molecule has 1 aliphatic carbocycles. The molecule has 0 bridgehead atoms. The van der Waals surface area contributed by atoms with Crippen molar-refractivity contribution in [2.45, 2.75) is 25.8 Å². The van der Waals surface area contributed by atoms with Crippen LogP contribution in [-0.4, -0.2) is 5.91 Å². The van der Waals surface area contributed by atoms with Crippen LogP contribution in [0.3, 0.4) is 0 Å². The first-order valence-corrected chi connectivity index (χ1v) is 5.76. The van der Waals surface area contributed by atoms with E-state index in [-0.39, 0.29) is 24.2 Å². The molecule has 16 heavy (non-hydrogen) atoms. The van der Waals surface area contributed by atoms with E-state index in [2.05, 4.69) is 5.32 Å². The van der Waals surface area contributed by atoms with Crippen LogP contribution in [0.15, 0.2) is 18.2 Å². The van der Waals surface area contributed by atoms with Gasteiger partial charge in [-0.05, 0) is 31.0 Å². The molecule has 0 heterocycles. The Kier molecular flexibility index (Phi) is 3.44. The first-order chi connectivity index (χ1) is 7.66. The van der Waals surface area contributed by atoms with Crippen LogP contribution in [0.2, 0.25) is 5.02 Å². The normalized spacial score (nSPS) is 15.6. The summed E-state index contributed by atoms with van der Waals surface area (Å²) in [5, 5.41) is 3.21. The Labute approximate surface area is 98.8 Å². The van der Waals surface area contributed by atoms with E-state index in [1.165, 1.54) is 18.2 Å². The van der Waals surface area contributed by atoms with Crippen molar-refractivity contribution in [3.8, 4) is 0 Å². The molecule has 1 saturated carbocycles. The lowest BCUT2D eigenvalue weighted by Gasteiger charge is -2.24. The number of amides is 1. The van der Waals surface area contributed by atoms with Gasteiger partial charge < -0.3 is 5.32 Å². The average Bonchev–Trinajstić information content (AvgIpc) is 2.17. The van der Waals surface area contributed by atoms with Gasteiger partial charge in [0.2, 0.25) is 5.91 Å². The summed E-state index contributed by atoms with van der Waals surface area (Å²) < 4.78 is 13.3. The number of hydrogen-bond donors (Lipinski definition) is 1. The molecular weight excluding hydrogens is 229 g/mol. The summed E-state index contributed by atoms with van der Waals surface area (Å²) in [6.45, 7) is 0.210. The Bertz CT molecular complexity index is 404. The van der Waals surface area contributed by atoms with Crippen molar-refractivity contribution in [3.63, 3.8) is 0 Å².